The van der Waals surface area contributed by atoms with Crippen LogP contribution in [0, 0.1) is 0 Å². The third kappa shape index (κ3) is 7.92. The van der Waals surface area contributed by atoms with Crippen LogP contribution in [0.2, 0.25) is 0 Å². The molecule has 0 aliphatic heterocycles. The Morgan fingerprint density at radius 3 is 2.22 bits per heavy atom. The van der Waals surface area contributed by atoms with Gasteiger partial charge in [-0.05, 0) is 19.9 Å². The first-order valence-electron chi connectivity index (χ1n) is 3.54. The Morgan fingerprint density at radius 1 is 1.33 bits per heavy atom. The monoisotopic (exact) mass is 131 g/mol. The summed E-state index contributed by atoms with van der Waals surface area (Å²) in [4.78, 5) is 0. The van der Waals surface area contributed by atoms with Gasteiger partial charge in [0.15, 0.2) is 0 Å². The molecule has 0 radical (unpaired) electrons. The van der Waals surface area contributed by atoms with Gasteiger partial charge in [-0.1, -0.05) is 13.8 Å². The zero-order chi connectivity index (χ0) is 7.28. The van der Waals surface area contributed by atoms with Gasteiger partial charge >= 0.3 is 0 Å². The quantitative estimate of drug-likeness (QED) is 0.590. The van der Waals surface area contributed by atoms with Crippen molar-refractivity contribution in [1.82, 2.24) is 5.32 Å². The number of rotatable bonds is 4. The van der Waals surface area contributed by atoms with Gasteiger partial charge in [-0.25, -0.2) is 0 Å². The van der Waals surface area contributed by atoms with E-state index in [1.54, 1.807) is 0 Å². The standard InChI is InChI=1S/C7H17NO/c1-6(2)8-5-4-7(3)9/h6-9H,4-5H2,1-3H3/t7-/m1/s1. The van der Waals surface area contributed by atoms with Crippen LogP contribution in [0.5, 0.6) is 0 Å². The Labute approximate surface area is 57.3 Å². The highest BCUT2D eigenvalue weighted by atomic mass is 16.3. The smallest absolute Gasteiger partial charge is 0.0524 e. The maximum atomic E-state index is 8.83. The van der Waals surface area contributed by atoms with Crippen LogP contribution in [0.1, 0.15) is 27.2 Å². The van der Waals surface area contributed by atoms with Crippen molar-refractivity contribution >= 4 is 0 Å². The Morgan fingerprint density at radius 2 is 1.89 bits per heavy atom. The average Bonchev–Trinajstić information content (AvgIpc) is 1.63. The molecule has 0 aromatic carbocycles. The van der Waals surface area contributed by atoms with E-state index in [0.29, 0.717) is 6.04 Å². The van der Waals surface area contributed by atoms with E-state index in [1.165, 1.54) is 0 Å². The van der Waals surface area contributed by atoms with Gasteiger partial charge in [0.05, 0.1) is 6.10 Å². The fraction of sp³-hybridized carbons (Fsp3) is 1.00. The molecule has 0 aliphatic rings. The summed E-state index contributed by atoms with van der Waals surface area (Å²) in [7, 11) is 0. The summed E-state index contributed by atoms with van der Waals surface area (Å²) in [6.45, 7) is 6.92. The number of hydrogen-bond donors (Lipinski definition) is 2. The lowest BCUT2D eigenvalue weighted by molar-refractivity contribution is 0.183. The van der Waals surface area contributed by atoms with Crippen LogP contribution in [0.4, 0.5) is 0 Å². The third-order valence-corrected chi connectivity index (χ3v) is 1.11. The van der Waals surface area contributed by atoms with Crippen LogP contribution < -0.4 is 5.32 Å². The van der Waals surface area contributed by atoms with Crippen LogP contribution >= 0.6 is 0 Å². The molecule has 0 saturated heterocycles. The number of aliphatic hydroxyl groups excluding tert-OH is 1. The Kier molecular flexibility index (Phi) is 4.72. The Hall–Kier alpha value is -0.0800. The second-order valence-corrected chi connectivity index (χ2v) is 2.75. The van der Waals surface area contributed by atoms with Crippen molar-refractivity contribution in [3.63, 3.8) is 0 Å². The fourth-order valence-electron chi connectivity index (χ4n) is 0.581. The highest BCUT2D eigenvalue weighted by molar-refractivity contribution is 4.54. The van der Waals surface area contributed by atoms with E-state index in [9.17, 15) is 0 Å². The average molecular weight is 131 g/mol. The van der Waals surface area contributed by atoms with E-state index in [1.807, 2.05) is 6.92 Å². The molecule has 0 spiro atoms. The normalized spacial score (nSPS) is 14.3. The van der Waals surface area contributed by atoms with Crippen LogP contribution in [-0.2, 0) is 0 Å². The highest BCUT2D eigenvalue weighted by Gasteiger charge is 1.95. The zero-order valence-corrected chi connectivity index (χ0v) is 6.52. The molecule has 0 aromatic heterocycles. The lowest BCUT2D eigenvalue weighted by Gasteiger charge is -2.08. The summed E-state index contributed by atoms with van der Waals surface area (Å²) in [6.07, 6.45) is 0.675. The minimum atomic E-state index is -0.170. The summed E-state index contributed by atoms with van der Waals surface area (Å²) in [6, 6.07) is 0.531. The molecule has 0 amide bonds. The number of aliphatic hydroxyl groups is 1. The van der Waals surface area contributed by atoms with Crippen molar-refractivity contribution in [2.75, 3.05) is 6.54 Å². The van der Waals surface area contributed by atoms with Crippen LogP contribution in [0.15, 0.2) is 0 Å². The van der Waals surface area contributed by atoms with Crippen molar-refractivity contribution in [3.05, 3.63) is 0 Å². The SMILES string of the molecule is CC(C)NCC[C@@H](C)O. The summed E-state index contributed by atoms with van der Waals surface area (Å²) >= 11 is 0. The summed E-state index contributed by atoms with van der Waals surface area (Å²) in [5, 5.41) is 12.0. The van der Waals surface area contributed by atoms with Crippen LogP contribution in [-0.4, -0.2) is 23.8 Å². The molecule has 0 aromatic rings. The topological polar surface area (TPSA) is 32.3 Å². The van der Waals surface area contributed by atoms with Crippen molar-refractivity contribution in [2.45, 2.75) is 39.3 Å². The van der Waals surface area contributed by atoms with Crippen molar-refractivity contribution in [2.24, 2.45) is 0 Å². The molecule has 9 heavy (non-hydrogen) atoms. The number of hydrogen-bond acceptors (Lipinski definition) is 2. The van der Waals surface area contributed by atoms with E-state index in [0.717, 1.165) is 13.0 Å². The molecular formula is C7H17NO. The molecule has 1 atom stereocenters. The minimum Gasteiger partial charge on any atom is -0.393 e. The van der Waals surface area contributed by atoms with Gasteiger partial charge in [0.2, 0.25) is 0 Å². The van der Waals surface area contributed by atoms with E-state index in [4.69, 9.17) is 5.11 Å². The second kappa shape index (κ2) is 4.77. The molecule has 56 valence electrons. The maximum absolute atomic E-state index is 8.83. The largest absolute Gasteiger partial charge is 0.393 e. The summed E-state index contributed by atoms with van der Waals surface area (Å²) in [5.41, 5.74) is 0. The lowest BCUT2D eigenvalue weighted by atomic mass is 10.3. The molecule has 0 aliphatic carbocycles. The van der Waals surface area contributed by atoms with Crippen LogP contribution in [0.25, 0.3) is 0 Å². The maximum Gasteiger partial charge on any atom is 0.0524 e. The minimum absolute atomic E-state index is 0.170. The van der Waals surface area contributed by atoms with E-state index < -0.39 is 0 Å². The molecule has 0 heterocycles. The van der Waals surface area contributed by atoms with E-state index in [-0.39, 0.29) is 6.10 Å². The first kappa shape index (κ1) is 8.92. The third-order valence-electron chi connectivity index (χ3n) is 1.11. The number of nitrogens with one attached hydrogen (secondary N) is 1. The Balaban J connectivity index is 2.91. The highest BCUT2D eigenvalue weighted by Crippen LogP contribution is 1.86. The summed E-state index contributed by atoms with van der Waals surface area (Å²) < 4.78 is 0. The first-order chi connectivity index (χ1) is 4.13. The Bertz CT molecular complexity index is 53.9. The van der Waals surface area contributed by atoms with E-state index >= 15 is 0 Å². The predicted molar refractivity (Wildman–Crippen MR) is 39.4 cm³/mol. The summed E-state index contributed by atoms with van der Waals surface area (Å²) in [5.74, 6) is 0. The van der Waals surface area contributed by atoms with Gasteiger partial charge < -0.3 is 10.4 Å². The van der Waals surface area contributed by atoms with Gasteiger partial charge in [0, 0.05) is 6.04 Å². The fourth-order valence-corrected chi connectivity index (χ4v) is 0.581. The lowest BCUT2D eigenvalue weighted by Crippen LogP contribution is -2.25. The molecule has 0 rings (SSSR count). The van der Waals surface area contributed by atoms with Gasteiger partial charge in [-0.3, -0.25) is 0 Å². The second-order valence-electron chi connectivity index (χ2n) is 2.75. The molecule has 2 heteroatoms. The van der Waals surface area contributed by atoms with Crippen LogP contribution in [0.3, 0.4) is 0 Å². The zero-order valence-electron chi connectivity index (χ0n) is 6.52. The molecule has 0 fully saturated rings. The first-order valence-corrected chi connectivity index (χ1v) is 3.54. The van der Waals surface area contributed by atoms with Gasteiger partial charge in [-0.15, -0.1) is 0 Å². The van der Waals surface area contributed by atoms with Crippen molar-refractivity contribution in [3.8, 4) is 0 Å². The van der Waals surface area contributed by atoms with Gasteiger partial charge in [0.1, 0.15) is 0 Å². The van der Waals surface area contributed by atoms with E-state index in [2.05, 4.69) is 19.2 Å². The van der Waals surface area contributed by atoms with Crippen molar-refractivity contribution < 1.29 is 5.11 Å². The molecule has 2 N–H and O–H groups in total. The molecule has 0 bridgehead atoms. The molecular weight excluding hydrogens is 114 g/mol. The predicted octanol–water partition coefficient (Wildman–Crippen LogP) is 0.755. The molecule has 0 saturated carbocycles. The van der Waals surface area contributed by atoms with Gasteiger partial charge in [0.25, 0.3) is 0 Å². The van der Waals surface area contributed by atoms with Crippen molar-refractivity contribution in [1.29, 1.82) is 0 Å². The van der Waals surface area contributed by atoms with Gasteiger partial charge in [-0.2, -0.15) is 0 Å². The molecule has 0 unspecified atom stereocenters. The molecule has 2 nitrogen and oxygen atoms in total.